The van der Waals surface area contributed by atoms with Gasteiger partial charge in [-0.2, -0.15) is 0 Å². The number of hydrogen-bond donors (Lipinski definition) is 0. The van der Waals surface area contributed by atoms with E-state index in [-0.39, 0.29) is 11.3 Å². The molecular weight excluding hydrogens is 176 g/mol. The molecule has 1 aliphatic heterocycles. The maximum Gasteiger partial charge on any atom is 0.165 e. The molecule has 2 rings (SSSR count). The molecule has 0 aromatic heterocycles. The molecule has 0 aromatic carbocycles. The number of hydrogen-bond acceptors (Lipinski definition) is 2. The Labute approximate surface area is 85.3 Å². The molecule has 1 heterocycles. The van der Waals surface area contributed by atoms with Crippen LogP contribution in [-0.4, -0.2) is 12.4 Å². The second-order valence-electron chi connectivity index (χ2n) is 4.98. The van der Waals surface area contributed by atoms with E-state index in [1.54, 1.807) is 0 Å². The van der Waals surface area contributed by atoms with Crippen molar-refractivity contribution >= 4 is 5.78 Å². The minimum absolute atomic E-state index is 0.0553. The third-order valence-electron chi connectivity index (χ3n) is 3.39. The third kappa shape index (κ3) is 1.28. The molecule has 78 valence electrons. The van der Waals surface area contributed by atoms with E-state index in [0.717, 1.165) is 30.6 Å². The Morgan fingerprint density at radius 1 is 1.50 bits per heavy atom. The summed E-state index contributed by atoms with van der Waals surface area (Å²) in [7, 11) is 0. The Morgan fingerprint density at radius 3 is 2.86 bits per heavy atom. The molecule has 1 atom stereocenters. The summed E-state index contributed by atoms with van der Waals surface area (Å²) >= 11 is 0. The SMILES string of the molecule is CCC1CCC2=C(C1=O)C(C)(C)CO2. The van der Waals surface area contributed by atoms with Gasteiger partial charge < -0.3 is 4.74 Å². The summed E-state index contributed by atoms with van der Waals surface area (Å²) in [5, 5.41) is 0. The van der Waals surface area contributed by atoms with Crippen molar-refractivity contribution in [1.29, 1.82) is 0 Å². The Balaban J connectivity index is 2.35. The summed E-state index contributed by atoms with van der Waals surface area (Å²) < 4.78 is 5.59. The average molecular weight is 194 g/mol. The molecule has 0 aromatic rings. The minimum Gasteiger partial charge on any atom is -0.497 e. The Bertz CT molecular complexity index is 299. The van der Waals surface area contributed by atoms with Crippen LogP contribution >= 0.6 is 0 Å². The Hall–Kier alpha value is -0.790. The zero-order valence-corrected chi connectivity index (χ0v) is 9.22. The number of ketones is 1. The second-order valence-corrected chi connectivity index (χ2v) is 4.98. The van der Waals surface area contributed by atoms with Gasteiger partial charge in [0, 0.05) is 23.3 Å². The van der Waals surface area contributed by atoms with Crippen LogP contribution in [0.3, 0.4) is 0 Å². The molecule has 2 aliphatic rings. The summed E-state index contributed by atoms with van der Waals surface area (Å²) in [6.45, 7) is 6.98. The lowest BCUT2D eigenvalue weighted by molar-refractivity contribution is -0.120. The number of Topliss-reactive ketones (excluding diaryl/α,β-unsaturated/α-hetero) is 1. The summed E-state index contributed by atoms with van der Waals surface area (Å²) in [4.78, 5) is 12.1. The molecule has 0 saturated heterocycles. The second kappa shape index (κ2) is 3.11. The van der Waals surface area contributed by atoms with Crippen LogP contribution in [-0.2, 0) is 9.53 Å². The van der Waals surface area contributed by atoms with Crippen LogP contribution in [0.15, 0.2) is 11.3 Å². The molecule has 0 fully saturated rings. The molecule has 0 amide bonds. The van der Waals surface area contributed by atoms with Crippen LogP contribution in [0.5, 0.6) is 0 Å². The van der Waals surface area contributed by atoms with E-state index < -0.39 is 0 Å². The van der Waals surface area contributed by atoms with Crippen molar-refractivity contribution in [2.75, 3.05) is 6.61 Å². The summed E-state index contributed by atoms with van der Waals surface area (Å²) in [5.74, 6) is 1.57. The molecule has 0 N–H and O–H groups in total. The lowest BCUT2D eigenvalue weighted by Gasteiger charge is -2.25. The maximum atomic E-state index is 12.1. The number of allylic oxidation sites excluding steroid dienone is 1. The van der Waals surface area contributed by atoms with Gasteiger partial charge in [-0.25, -0.2) is 0 Å². The fraction of sp³-hybridized carbons (Fsp3) is 0.750. The lowest BCUT2D eigenvalue weighted by Crippen LogP contribution is -2.28. The van der Waals surface area contributed by atoms with Crippen LogP contribution in [0.25, 0.3) is 0 Å². The van der Waals surface area contributed by atoms with Crippen LogP contribution in [0.1, 0.15) is 40.0 Å². The van der Waals surface area contributed by atoms with E-state index in [2.05, 4.69) is 20.8 Å². The van der Waals surface area contributed by atoms with Crippen molar-refractivity contribution in [2.45, 2.75) is 40.0 Å². The first kappa shape index (κ1) is 9.75. The van der Waals surface area contributed by atoms with E-state index in [4.69, 9.17) is 4.74 Å². The van der Waals surface area contributed by atoms with Crippen molar-refractivity contribution in [3.63, 3.8) is 0 Å². The molecule has 1 unspecified atom stereocenters. The standard InChI is InChI=1S/C12H18O2/c1-4-8-5-6-9-10(11(8)13)12(2,3)7-14-9/h8H,4-7H2,1-3H3. The zero-order chi connectivity index (χ0) is 10.3. The van der Waals surface area contributed by atoms with Gasteiger partial charge in [0.25, 0.3) is 0 Å². The normalized spacial score (nSPS) is 30.2. The Morgan fingerprint density at radius 2 is 2.21 bits per heavy atom. The van der Waals surface area contributed by atoms with Crippen molar-refractivity contribution in [3.05, 3.63) is 11.3 Å². The summed E-state index contributed by atoms with van der Waals surface area (Å²) in [5.41, 5.74) is 0.927. The van der Waals surface area contributed by atoms with E-state index in [1.807, 2.05) is 0 Å². The fourth-order valence-corrected chi connectivity index (χ4v) is 2.49. The summed E-state index contributed by atoms with van der Waals surface area (Å²) in [6, 6.07) is 0. The smallest absolute Gasteiger partial charge is 0.165 e. The van der Waals surface area contributed by atoms with Gasteiger partial charge in [0.15, 0.2) is 5.78 Å². The first-order chi connectivity index (χ1) is 6.56. The topological polar surface area (TPSA) is 26.3 Å². The number of carbonyl (C=O) groups is 1. The van der Waals surface area contributed by atoms with Gasteiger partial charge in [0.05, 0.1) is 6.61 Å². The van der Waals surface area contributed by atoms with Crippen molar-refractivity contribution in [2.24, 2.45) is 11.3 Å². The van der Waals surface area contributed by atoms with Gasteiger partial charge in [-0.05, 0) is 12.8 Å². The molecule has 14 heavy (non-hydrogen) atoms. The van der Waals surface area contributed by atoms with Crippen LogP contribution in [0.4, 0.5) is 0 Å². The van der Waals surface area contributed by atoms with Crippen molar-refractivity contribution in [3.8, 4) is 0 Å². The fourth-order valence-electron chi connectivity index (χ4n) is 2.49. The predicted molar refractivity (Wildman–Crippen MR) is 54.8 cm³/mol. The first-order valence-electron chi connectivity index (χ1n) is 5.47. The molecule has 2 heteroatoms. The Kier molecular flexibility index (Phi) is 2.17. The average Bonchev–Trinajstić information content (AvgIpc) is 2.43. The highest BCUT2D eigenvalue weighted by molar-refractivity contribution is 6.00. The molecular formula is C12H18O2. The summed E-state index contributed by atoms with van der Waals surface area (Å²) in [6.07, 6.45) is 2.90. The van der Waals surface area contributed by atoms with E-state index in [1.165, 1.54) is 0 Å². The molecule has 0 radical (unpaired) electrons. The van der Waals surface area contributed by atoms with Gasteiger partial charge in [-0.3, -0.25) is 4.79 Å². The monoisotopic (exact) mass is 194 g/mol. The van der Waals surface area contributed by atoms with E-state index >= 15 is 0 Å². The highest BCUT2D eigenvalue weighted by Crippen LogP contribution is 2.44. The van der Waals surface area contributed by atoms with Gasteiger partial charge >= 0.3 is 0 Å². The van der Waals surface area contributed by atoms with Gasteiger partial charge in [-0.1, -0.05) is 20.8 Å². The van der Waals surface area contributed by atoms with Gasteiger partial charge in [-0.15, -0.1) is 0 Å². The quantitative estimate of drug-likeness (QED) is 0.641. The lowest BCUT2D eigenvalue weighted by atomic mass is 9.75. The molecule has 0 spiro atoms. The minimum atomic E-state index is -0.0553. The maximum absolute atomic E-state index is 12.1. The van der Waals surface area contributed by atoms with Gasteiger partial charge in [0.1, 0.15) is 5.76 Å². The highest BCUT2D eigenvalue weighted by Gasteiger charge is 2.43. The van der Waals surface area contributed by atoms with Crippen LogP contribution in [0, 0.1) is 11.3 Å². The van der Waals surface area contributed by atoms with Crippen molar-refractivity contribution < 1.29 is 9.53 Å². The van der Waals surface area contributed by atoms with Crippen LogP contribution in [0.2, 0.25) is 0 Å². The molecule has 1 aliphatic carbocycles. The zero-order valence-electron chi connectivity index (χ0n) is 9.22. The van der Waals surface area contributed by atoms with E-state index in [0.29, 0.717) is 12.4 Å². The van der Waals surface area contributed by atoms with Crippen molar-refractivity contribution in [1.82, 2.24) is 0 Å². The number of rotatable bonds is 1. The molecule has 0 saturated carbocycles. The predicted octanol–water partition coefficient (Wildman–Crippen LogP) is 2.69. The molecule has 0 bridgehead atoms. The highest BCUT2D eigenvalue weighted by atomic mass is 16.5. The number of carbonyl (C=O) groups excluding carboxylic acids is 1. The largest absolute Gasteiger partial charge is 0.497 e. The first-order valence-corrected chi connectivity index (χ1v) is 5.47. The molecule has 2 nitrogen and oxygen atoms in total. The van der Waals surface area contributed by atoms with E-state index in [9.17, 15) is 4.79 Å². The number of ether oxygens (including phenoxy) is 1. The van der Waals surface area contributed by atoms with Crippen LogP contribution < -0.4 is 0 Å². The van der Waals surface area contributed by atoms with Gasteiger partial charge in [0.2, 0.25) is 0 Å². The third-order valence-corrected chi connectivity index (χ3v) is 3.39.